The third kappa shape index (κ3) is 5.41. The number of nitrogens with two attached hydrogens (primary N) is 1. The van der Waals surface area contributed by atoms with E-state index in [1.54, 1.807) is 19.0 Å². The van der Waals surface area contributed by atoms with E-state index in [0.717, 1.165) is 25.2 Å². The first-order valence-corrected chi connectivity index (χ1v) is 8.07. The van der Waals surface area contributed by atoms with Crippen LogP contribution in [0.25, 0.3) is 0 Å². The van der Waals surface area contributed by atoms with Crippen LogP contribution in [-0.2, 0) is 9.53 Å². The number of hydrogen-bond donors (Lipinski definition) is 1. The van der Waals surface area contributed by atoms with Crippen LogP contribution in [0.1, 0.15) is 58.3 Å². The SMILES string of the molecule is CCCC1CCC(CN)(OCCCC(=O)N(C)C)CC1. The topological polar surface area (TPSA) is 55.6 Å². The second kappa shape index (κ2) is 8.63. The number of hydrogen-bond acceptors (Lipinski definition) is 3. The predicted molar refractivity (Wildman–Crippen MR) is 82.5 cm³/mol. The van der Waals surface area contributed by atoms with Crippen molar-refractivity contribution in [2.24, 2.45) is 11.7 Å². The van der Waals surface area contributed by atoms with Crippen LogP contribution in [0.5, 0.6) is 0 Å². The van der Waals surface area contributed by atoms with E-state index in [1.165, 1.54) is 25.7 Å². The quantitative estimate of drug-likeness (QED) is 0.697. The lowest BCUT2D eigenvalue weighted by Crippen LogP contribution is -2.44. The Hall–Kier alpha value is -0.610. The van der Waals surface area contributed by atoms with Gasteiger partial charge in [-0.25, -0.2) is 0 Å². The maximum Gasteiger partial charge on any atom is 0.222 e. The van der Waals surface area contributed by atoms with Crippen LogP contribution in [0.2, 0.25) is 0 Å². The fourth-order valence-corrected chi connectivity index (χ4v) is 3.04. The van der Waals surface area contributed by atoms with Gasteiger partial charge in [-0.1, -0.05) is 19.8 Å². The molecule has 0 aromatic carbocycles. The number of nitrogens with zero attached hydrogens (tertiary/aromatic N) is 1. The summed E-state index contributed by atoms with van der Waals surface area (Å²) in [4.78, 5) is 13.1. The van der Waals surface area contributed by atoms with Gasteiger partial charge in [0, 0.05) is 33.7 Å². The van der Waals surface area contributed by atoms with E-state index in [0.29, 0.717) is 19.6 Å². The summed E-state index contributed by atoms with van der Waals surface area (Å²) in [7, 11) is 3.58. The summed E-state index contributed by atoms with van der Waals surface area (Å²) in [5.74, 6) is 1.03. The molecule has 1 aliphatic rings. The van der Waals surface area contributed by atoms with Crippen molar-refractivity contribution in [3.05, 3.63) is 0 Å². The molecule has 1 saturated carbocycles. The van der Waals surface area contributed by atoms with Gasteiger partial charge in [0.1, 0.15) is 0 Å². The highest BCUT2D eigenvalue weighted by Gasteiger charge is 2.34. The molecule has 0 radical (unpaired) electrons. The molecule has 118 valence electrons. The lowest BCUT2D eigenvalue weighted by Gasteiger charge is -2.39. The zero-order valence-electron chi connectivity index (χ0n) is 13.5. The van der Waals surface area contributed by atoms with Gasteiger partial charge in [-0.3, -0.25) is 4.79 Å². The Morgan fingerprint density at radius 3 is 2.50 bits per heavy atom. The summed E-state index contributed by atoms with van der Waals surface area (Å²) in [5.41, 5.74) is 5.83. The molecule has 1 fully saturated rings. The van der Waals surface area contributed by atoms with Crippen molar-refractivity contribution in [1.82, 2.24) is 4.90 Å². The molecule has 0 aliphatic heterocycles. The number of carbonyl (C=O) groups excluding carboxylic acids is 1. The van der Waals surface area contributed by atoms with E-state index in [2.05, 4.69) is 6.92 Å². The molecule has 0 unspecified atom stereocenters. The van der Waals surface area contributed by atoms with Crippen LogP contribution in [0.15, 0.2) is 0 Å². The van der Waals surface area contributed by atoms with Crippen LogP contribution >= 0.6 is 0 Å². The fraction of sp³-hybridized carbons (Fsp3) is 0.938. The highest BCUT2D eigenvalue weighted by Crippen LogP contribution is 2.36. The summed E-state index contributed by atoms with van der Waals surface area (Å²) in [5, 5.41) is 0. The van der Waals surface area contributed by atoms with E-state index in [-0.39, 0.29) is 11.5 Å². The van der Waals surface area contributed by atoms with Gasteiger partial charge in [0.25, 0.3) is 0 Å². The Labute approximate surface area is 124 Å². The van der Waals surface area contributed by atoms with Crippen molar-refractivity contribution in [2.45, 2.75) is 63.9 Å². The fourth-order valence-electron chi connectivity index (χ4n) is 3.04. The number of ether oxygens (including phenoxy) is 1. The molecular weight excluding hydrogens is 252 g/mol. The molecule has 4 heteroatoms. The molecule has 1 aliphatic carbocycles. The normalized spacial score (nSPS) is 26.5. The Morgan fingerprint density at radius 2 is 2.00 bits per heavy atom. The minimum atomic E-state index is -0.120. The monoisotopic (exact) mass is 284 g/mol. The molecule has 0 spiro atoms. The van der Waals surface area contributed by atoms with Crippen LogP contribution in [-0.4, -0.2) is 43.7 Å². The molecule has 0 atom stereocenters. The third-order valence-electron chi connectivity index (χ3n) is 4.53. The van der Waals surface area contributed by atoms with Gasteiger partial charge in [0.05, 0.1) is 5.60 Å². The van der Waals surface area contributed by atoms with Crippen LogP contribution in [0, 0.1) is 5.92 Å². The standard InChI is InChI=1S/C16H32N2O2/c1-4-6-14-8-10-16(13-17,11-9-14)20-12-5-7-15(19)18(2)3/h14H,4-13,17H2,1-3H3. The molecule has 0 saturated heterocycles. The van der Waals surface area contributed by atoms with Gasteiger partial charge in [0.2, 0.25) is 5.91 Å². The van der Waals surface area contributed by atoms with Crippen molar-refractivity contribution < 1.29 is 9.53 Å². The Balaban J connectivity index is 2.27. The summed E-state index contributed by atoms with van der Waals surface area (Å²) >= 11 is 0. The summed E-state index contributed by atoms with van der Waals surface area (Å²) in [6.07, 6.45) is 8.59. The van der Waals surface area contributed by atoms with Crippen molar-refractivity contribution in [2.75, 3.05) is 27.2 Å². The highest BCUT2D eigenvalue weighted by molar-refractivity contribution is 5.75. The maximum absolute atomic E-state index is 11.5. The van der Waals surface area contributed by atoms with E-state index in [1.807, 2.05) is 0 Å². The van der Waals surface area contributed by atoms with Crippen molar-refractivity contribution >= 4 is 5.91 Å². The number of rotatable bonds is 8. The first-order valence-electron chi connectivity index (χ1n) is 8.07. The lowest BCUT2D eigenvalue weighted by atomic mass is 9.77. The van der Waals surface area contributed by atoms with Crippen molar-refractivity contribution in [3.8, 4) is 0 Å². The second-order valence-corrected chi connectivity index (χ2v) is 6.36. The Morgan fingerprint density at radius 1 is 1.35 bits per heavy atom. The summed E-state index contributed by atoms with van der Waals surface area (Å²) in [6.45, 7) is 3.51. The average molecular weight is 284 g/mol. The first kappa shape index (κ1) is 17.4. The zero-order chi connectivity index (χ0) is 15.0. The van der Waals surface area contributed by atoms with Gasteiger partial charge < -0.3 is 15.4 Å². The highest BCUT2D eigenvalue weighted by atomic mass is 16.5. The largest absolute Gasteiger partial charge is 0.374 e. The van der Waals surface area contributed by atoms with Crippen molar-refractivity contribution in [3.63, 3.8) is 0 Å². The first-order chi connectivity index (χ1) is 9.53. The van der Waals surface area contributed by atoms with E-state index in [4.69, 9.17) is 10.5 Å². The Kier molecular flexibility index (Phi) is 7.52. The molecule has 0 aromatic rings. The molecule has 4 nitrogen and oxygen atoms in total. The second-order valence-electron chi connectivity index (χ2n) is 6.36. The smallest absolute Gasteiger partial charge is 0.222 e. The maximum atomic E-state index is 11.5. The van der Waals surface area contributed by atoms with Gasteiger partial charge in [-0.2, -0.15) is 0 Å². The number of amides is 1. The third-order valence-corrected chi connectivity index (χ3v) is 4.53. The Bertz CT molecular complexity index is 284. The summed E-state index contributed by atoms with van der Waals surface area (Å²) in [6, 6.07) is 0. The minimum absolute atomic E-state index is 0.120. The van der Waals surface area contributed by atoms with E-state index in [9.17, 15) is 4.79 Å². The molecule has 20 heavy (non-hydrogen) atoms. The average Bonchev–Trinajstić information content (AvgIpc) is 2.45. The molecule has 0 heterocycles. The molecular formula is C16H32N2O2. The van der Waals surface area contributed by atoms with E-state index >= 15 is 0 Å². The predicted octanol–water partition coefficient (Wildman–Crippen LogP) is 2.56. The van der Waals surface area contributed by atoms with Crippen LogP contribution in [0.3, 0.4) is 0 Å². The van der Waals surface area contributed by atoms with Crippen LogP contribution < -0.4 is 5.73 Å². The van der Waals surface area contributed by atoms with Gasteiger partial charge in [0.15, 0.2) is 0 Å². The minimum Gasteiger partial charge on any atom is -0.374 e. The molecule has 0 aromatic heterocycles. The van der Waals surface area contributed by atoms with Gasteiger partial charge >= 0.3 is 0 Å². The molecule has 1 amide bonds. The number of carbonyl (C=O) groups is 1. The molecule has 2 N–H and O–H groups in total. The van der Waals surface area contributed by atoms with Gasteiger partial charge in [-0.15, -0.1) is 0 Å². The molecule has 0 bridgehead atoms. The summed E-state index contributed by atoms with van der Waals surface area (Å²) < 4.78 is 6.08. The van der Waals surface area contributed by atoms with Crippen molar-refractivity contribution in [1.29, 1.82) is 0 Å². The van der Waals surface area contributed by atoms with E-state index < -0.39 is 0 Å². The zero-order valence-corrected chi connectivity index (χ0v) is 13.5. The van der Waals surface area contributed by atoms with Crippen LogP contribution in [0.4, 0.5) is 0 Å². The lowest BCUT2D eigenvalue weighted by molar-refractivity contribution is -0.129. The van der Waals surface area contributed by atoms with Gasteiger partial charge in [-0.05, 0) is 38.0 Å². The molecule has 1 rings (SSSR count).